The van der Waals surface area contributed by atoms with Crippen molar-refractivity contribution in [1.82, 2.24) is 20.2 Å². The number of nitrogen functional groups attached to an aromatic ring is 1. The third kappa shape index (κ3) is 2.18. The SMILES string of the molecule is CC(C)(C1CC1)n1nnnc1-c1cc(N)cc(Cl)c1. The average molecular weight is 278 g/mol. The van der Waals surface area contributed by atoms with Crippen molar-refractivity contribution >= 4 is 17.3 Å². The summed E-state index contributed by atoms with van der Waals surface area (Å²) in [6.45, 7) is 4.33. The first-order chi connectivity index (χ1) is 8.98. The quantitative estimate of drug-likeness (QED) is 0.876. The van der Waals surface area contributed by atoms with Gasteiger partial charge in [-0.25, -0.2) is 4.68 Å². The fourth-order valence-electron chi connectivity index (χ4n) is 2.46. The molecule has 5 nitrogen and oxygen atoms in total. The Morgan fingerprint density at radius 2 is 2.05 bits per heavy atom. The van der Waals surface area contributed by atoms with Crippen LogP contribution in [-0.2, 0) is 5.54 Å². The summed E-state index contributed by atoms with van der Waals surface area (Å²) >= 11 is 6.05. The second kappa shape index (κ2) is 4.20. The Morgan fingerprint density at radius 3 is 2.68 bits per heavy atom. The maximum atomic E-state index is 6.05. The molecule has 0 spiro atoms. The Balaban J connectivity index is 2.09. The van der Waals surface area contributed by atoms with Gasteiger partial charge in [0.15, 0.2) is 5.82 Å². The van der Waals surface area contributed by atoms with Crippen molar-refractivity contribution in [3.63, 3.8) is 0 Å². The number of benzene rings is 1. The Hall–Kier alpha value is -1.62. The summed E-state index contributed by atoms with van der Waals surface area (Å²) in [5.74, 6) is 1.34. The zero-order valence-corrected chi connectivity index (χ0v) is 11.7. The van der Waals surface area contributed by atoms with Gasteiger partial charge in [0.1, 0.15) is 0 Å². The van der Waals surface area contributed by atoms with Gasteiger partial charge in [-0.05, 0) is 61.2 Å². The van der Waals surface area contributed by atoms with E-state index in [0.29, 0.717) is 22.5 Å². The number of anilines is 1. The van der Waals surface area contributed by atoms with Gasteiger partial charge >= 0.3 is 0 Å². The lowest BCUT2D eigenvalue weighted by Gasteiger charge is -2.25. The Bertz CT molecular complexity index is 595. The smallest absolute Gasteiger partial charge is 0.182 e. The number of aromatic nitrogens is 4. The highest BCUT2D eigenvalue weighted by atomic mass is 35.5. The Kier molecular flexibility index (Phi) is 2.74. The van der Waals surface area contributed by atoms with E-state index in [0.717, 1.165) is 5.56 Å². The van der Waals surface area contributed by atoms with Crippen molar-refractivity contribution in [2.45, 2.75) is 32.2 Å². The van der Waals surface area contributed by atoms with Gasteiger partial charge < -0.3 is 5.73 Å². The van der Waals surface area contributed by atoms with E-state index in [1.54, 1.807) is 6.07 Å². The minimum Gasteiger partial charge on any atom is -0.399 e. The van der Waals surface area contributed by atoms with Crippen LogP contribution in [0, 0.1) is 5.92 Å². The van der Waals surface area contributed by atoms with E-state index in [1.807, 2.05) is 16.8 Å². The van der Waals surface area contributed by atoms with Crippen LogP contribution in [0.5, 0.6) is 0 Å². The number of nitrogens with two attached hydrogens (primary N) is 1. The molecule has 0 bridgehead atoms. The van der Waals surface area contributed by atoms with Gasteiger partial charge in [0, 0.05) is 16.3 Å². The van der Waals surface area contributed by atoms with Gasteiger partial charge in [-0.3, -0.25) is 0 Å². The monoisotopic (exact) mass is 277 g/mol. The molecule has 1 fully saturated rings. The van der Waals surface area contributed by atoms with Crippen LogP contribution in [0.2, 0.25) is 5.02 Å². The fraction of sp³-hybridized carbons (Fsp3) is 0.462. The minimum atomic E-state index is -0.0874. The molecule has 0 saturated heterocycles. The summed E-state index contributed by atoms with van der Waals surface area (Å²) in [5.41, 5.74) is 7.21. The van der Waals surface area contributed by atoms with Crippen molar-refractivity contribution in [2.24, 2.45) is 5.92 Å². The molecular weight excluding hydrogens is 262 g/mol. The van der Waals surface area contributed by atoms with Crippen LogP contribution in [0.25, 0.3) is 11.4 Å². The molecule has 1 heterocycles. The molecule has 0 unspecified atom stereocenters. The standard InChI is InChI=1S/C13H16ClN5/c1-13(2,9-3-4-9)19-12(16-17-18-19)8-5-10(14)7-11(15)6-8/h5-7,9H,3-4,15H2,1-2H3. The molecule has 1 saturated carbocycles. The second-order valence-electron chi connectivity index (χ2n) is 5.62. The largest absolute Gasteiger partial charge is 0.399 e. The Morgan fingerprint density at radius 1 is 1.32 bits per heavy atom. The van der Waals surface area contributed by atoms with Gasteiger partial charge in [-0.1, -0.05) is 11.6 Å². The molecule has 2 aromatic rings. The molecule has 1 aliphatic rings. The highest BCUT2D eigenvalue weighted by Crippen LogP contribution is 2.44. The van der Waals surface area contributed by atoms with E-state index in [-0.39, 0.29) is 5.54 Å². The summed E-state index contributed by atoms with van der Waals surface area (Å²) in [6.07, 6.45) is 2.45. The van der Waals surface area contributed by atoms with Crippen LogP contribution in [-0.4, -0.2) is 20.2 Å². The first-order valence-electron chi connectivity index (χ1n) is 6.34. The van der Waals surface area contributed by atoms with Crippen molar-refractivity contribution in [3.8, 4) is 11.4 Å². The summed E-state index contributed by atoms with van der Waals surface area (Å²) in [7, 11) is 0. The van der Waals surface area contributed by atoms with E-state index in [1.165, 1.54) is 12.8 Å². The number of hydrogen-bond donors (Lipinski definition) is 1. The van der Waals surface area contributed by atoms with Crippen LogP contribution in [0.1, 0.15) is 26.7 Å². The van der Waals surface area contributed by atoms with Gasteiger partial charge in [0.05, 0.1) is 5.54 Å². The predicted octanol–water partition coefficient (Wildman–Crippen LogP) is 2.72. The number of hydrogen-bond acceptors (Lipinski definition) is 4. The topological polar surface area (TPSA) is 69.6 Å². The van der Waals surface area contributed by atoms with Crippen molar-refractivity contribution < 1.29 is 0 Å². The molecule has 6 heteroatoms. The number of tetrazole rings is 1. The van der Waals surface area contributed by atoms with E-state index in [9.17, 15) is 0 Å². The van der Waals surface area contributed by atoms with E-state index >= 15 is 0 Å². The van der Waals surface area contributed by atoms with Crippen molar-refractivity contribution in [2.75, 3.05) is 5.73 Å². The normalized spacial score (nSPS) is 15.7. The summed E-state index contributed by atoms with van der Waals surface area (Å²) in [4.78, 5) is 0. The molecule has 1 aromatic carbocycles. The van der Waals surface area contributed by atoms with Crippen molar-refractivity contribution in [3.05, 3.63) is 23.2 Å². The van der Waals surface area contributed by atoms with E-state index in [4.69, 9.17) is 17.3 Å². The number of rotatable bonds is 3. The van der Waals surface area contributed by atoms with E-state index in [2.05, 4.69) is 29.4 Å². The van der Waals surface area contributed by atoms with Gasteiger partial charge in [-0.15, -0.1) is 5.10 Å². The molecule has 0 aliphatic heterocycles. The molecule has 19 heavy (non-hydrogen) atoms. The molecule has 1 aliphatic carbocycles. The fourth-order valence-corrected chi connectivity index (χ4v) is 2.70. The minimum absolute atomic E-state index is 0.0874. The molecule has 2 N–H and O–H groups in total. The van der Waals surface area contributed by atoms with Crippen LogP contribution < -0.4 is 5.73 Å². The van der Waals surface area contributed by atoms with Gasteiger partial charge in [-0.2, -0.15) is 0 Å². The molecule has 0 radical (unpaired) electrons. The maximum absolute atomic E-state index is 6.05. The lowest BCUT2D eigenvalue weighted by Crippen LogP contribution is -2.30. The van der Waals surface area contributed by atoms with Crippen LogP contribution in [0.3, 0.4) is 0 Å². The summed E-state index contributed by atoms with van der Waals surface area (Å²) in [6, 6.07) is 5.39. The molecule has 0 atom stereocenters. The number of nitrogens with zero attached hydrogens (tertiary/aromatic N) is 4. The Labute approximate surface area is 116 Å². The lowest BCUT2D eigenvalue weighted by atomic mass is 9.98. The summed E-state index contributed by atoms with van der Waals surface area (Å²) in [5, 5.41) is 12.7. The summed E-state index contributed by atoms with van der Waals surface area (Å²) < 4.78 is 1.88. The van der Waals surface area contributed by atoms with Gasteiger partial charge in [0.25, 0.3) is 0 Å². The van der Waals surface area contributed by atoms with Crippen LogP contribution >= 0.6 is 11.6 Å². The molecule has 3 rings (SSSR count). The molecule has 1 aromatic heterocycles. The highest BCUT2D eigenvalue weighted by Gasteiger charge is 2.41. The molecule has 0 amide bonds. The average Bonchev–Trinajstić information content (AvgIpc) is 3.05. The van der Waals surface area contributed by atoms with E-state index < -0.39 is 0 Å². The zero-order chi connectivity index (χ0) is 13.6. The molecular formula is C13H16ClN5. The highest BCUT2D eigenvalue weighted by molar-refractivity contribution is 6.31. The first-order valence-corrected chi connectivity index (χ1v) is 6.71. The van der Waals surface area contributed by atoms with Crippen molar-refractivity contribution in [1.29, 1.82) is 0 Å². The second-order valence-corrected chi connectivity index (χ2v) is 6.05. The zero-order valence-electron chi connectivity index (χ0n) is 11.0. The lowest BCUT2D eigenvalue weighted by molar-refractivity contribution is 0.271. The third-order valence-corrected chi connectivity index (χ3v) is 3.99. The van der Waals surface area contributed by atoms with Crippen LogP contribution in [0.15, 0.2) is 18.2 Å². The third-order valence-electron chi connectivity index (χ3n) is 3.77. The maximum Gasteiger partial charge on any atom is 0.182 e. The predicted molar refractivity (Wildman–Crippen MR) is 74.7 cm³/mol. The molecule has 100 valence electrons. The van der Waals surface area contributed by atoms with Crippen LogP contribution in [0.4, 0.5) is 5.69 Å². The van der Waals surface area contributed by atoms with Gasteiger partial charge in [0.2, 0.25) is 0 Å². The first kappa shape index (κ1) is 12.4. The number of halogens is 1.